The largest absolute Gasteiger partial charge is 0.344 e. The van der Waals surface area contributed by atoms with E-state index >= 15 is 0 Å². The van der Waals surface area contributed by atoms with Crippen LogP contribution in [-0.4, -0.2) is 23.0 Å². The predicted octanol–water partition coefficient (Wildman–Crippen LogP) is 2.87. The highest BCUT2D eigenvalue weighted by molar-refractivity contribution is 7.09. The third kappa shape index (κ3) is 3.76. The minimum absolute atomic E-state index is 0.154. The molecule has 1 saturated carbocycles. The van der Waals surface area contributed by atoms with Crippen LogP contribution < -0.4 is 11.1 Å². The van der Waals surface area contributed by atoms with Gasteiger partial charge < -0.3 is 11.1 Å². The molecule has 0 saturated heterocycles. The van der Waals surface area contributed by atoms with Crippen LogP contribution in [0.5, 0.6) is 0 Å². The van der Waals surface area contributed by atoms with Gasteiger partial charge in [-0.15, -0.1) is 11.3 Å². The van der Waals surface area contributed by atoms with Gasteiger partial charge in [-0.05, 0) is 30.5 Å². The van der Waals surface area contributed by atoms with Crippen LogP contribution in [0, 0.1) is 5.82 Å². The Morgan fingerprint density at radius 3 is 2.65 bits per heavy atom. The predicted molar refractivity (Wildman–Crippen MR) is 89.0 cm³/mol. The first-order chi connectivity index (χ1) is 11.1. The minimum Gasteiger partial charge on any atom is -0.344 e. The zero-order valence-electron chi connectivity index (χ0n) is 12.8. The zero-order chi connectivity index (χ0) is 16.3. The third-order valence-electron chi connectivity index (χ3n) is 4.38. The second-order valence-electron chi connectivity index (χ2n) is 6.08. The monoisotopic (exact) mass is 333 g/mol. The molecule has 1 fully saturated rings. The number of hydrogen-bond acceptors (Lipinski definition) is 4. The number of halogens is 1. The summed E-state index contributed by atoms with van der Waals surface area (Å²) in [5.41, 5.74) is 7.00. The van der Waals surface area contributed by atoms with Crippen molar-refractivity contribution >= 4 is 17.2 Å². The summed E-state index contributed by atoms with van der Waals surface area (Å²) in [6, 6.07) is 6.33. The summed E-state index contributed by atoms with van der Waals surface area (Å²) in [6.45, 7) is 0.464. The molecule has 6 heteroatoms. The molecule has 1 aliphatic carbocycles. The standard InChI is InChI=1S/C17H20FN3OS/c18-13-5-3-12(4-6-13)9-15-20-14(10-23-15)16(22)21-17(11-19)7-1-2-8-17/h3-6,10H,1-2,7-9,11,19H2,(H,21,22). The maximum atomic E-state index is 12.9. The number of aromatic nitrogens is 1. The van der Waals surface area contributed by atoms with Gasteiger partial charge in [0.15, 0.2) is 0 Å². The van der Waals surface area contributed by atoms with Gasteiger partial charge in [-0.1, -0.05) is 25.0 Å². The van der Waals surface area contributed by atoms with Gasteiger partial charge in [0, 0.05) is 18.3 Å². The van der Waals surface area contributed by atoms with Gasteiger partial charge in [-0.25, -0.2) is 9.37 Å². The van der Waals surface area contributed by atoms with Crippen LogP contribution >= 0.6 is 11.3 Å². The van der Waals surface area contributed by atoms with Crippen LogP contribution in [-0.2, 0) is 6.42 Å². The Morgan fingerprint density at radius 2 is 2.00 bits per heavy atom. The molecule has 1 amide bonds. The smallest absolute Gasteiger partial charge is 0.271 e. The second kappa shape index (κ2) is 6.76. The van der Waals surface area contributed by atoms with E-state index in [1.807, 2.05) is 0 Å². The van der Waals surface area contributed by atoms with Crippen molar-refractivity contribution in [1.82, 2.24) is 10.3 Å². The van der Waals surface area contributed by atoms with Gasteiger partial charge >= 0.3 is 0 Å². The Bertz CT molecular complexity index is 677. The van der Waals surface area contributed by atoms with E-state index in [1.165, 1.54) is 23.5 Å². The highest BCUT2D eigenvalue weighted by Gasteiger charge is 2.34. The van der Waals surface area contributed by atoms with Gasteiger partial charge in [-0.3, -0.25) is 4.79 Å². The summed E-state index contributed by atoms with van der Waals surface area (Å²) in [6.07, 6.45) is 4.67. The molecule has 3 rings (SSSR count). The van der Waals surface area contributed by atoms with Gasteiger partial charge in [0.25, 0.3) is 5.91 Å². The van der Waals surface area contributed by atoms with E-state index in [0.717, 1.165) is 36.3 Å². The number of thiazole rings is 1. The quantitative estimate of drug-likeness (QED) is 0.884. The van der Waals surface area contributed by atoms with E-state index in [4.69, 9.17) is 5.73 Å². The number of benzene rings is 1. The normalized spacial score (nSPS) is 16.4. The molecule has 0 bridgehead atoms. The Kier molecular flexibility index (Phi) is 4.73. The van der Waals surface area contributed by atoms with E-state index < -0.39 is 0 Å². The topological polar surface area (TPSA) is 68.0 Å². The molecule has 23 heavy (non-hydrogen) atoms. The maximum absolute atomic E-state index is 12.9. The van der Waals surface area contributed by atoms with Crippen molar-refractivity contribution in [3.8, 4) is 0 Å². The van der Waals surface area contributed by atoms with Crippen molar-refractivity contribution in [2.45, 2.75) is 37.6 Å². The summed E-state index contributed by atoms with van der Waals surface area (Å²) >= 11 is 1.44. The Balaban J connectivity index is 1.66. The first-order valence-corrected chi connectivity index (χ1v) is 8.70. The highest BCUT2D eigenvalue weighted by atomic mass is 32.1. The molecule has 0 radical (unpaired) electrons. The number of carbonyl (C=O) groups excluding carboxylic acids is 1. The number of rotatable bonds is 5. The molecular weight excluding hydrogens is 313 g/mol. The Labute approximate surface area is 138 Å². The van der Waals surface area contributed by atoms with Gasteiger partial charge in [0.05, 0.1) is 10.5 Å². The van der Waals surface area contributed by atoms with Gasteiger partial charge in [0.2, 0.25) is 0 Å². The molecule has 4 nitrogen and oxygen atoms in total. The molecule has 1 aliphatic rings. The fourth-order valence-electron chi connectivity index (χ4n) is 3.01. The van der Waals surface area contributed by atoms with Gasteiger partial charge in [0.1, 0.15) is 11.5 Å². The highest BCUT2D eigenvalue weighted by Crippen LogP contribution is 2.29. The zero-order valence-corrected chi connectivity index (χ0v) is 13.7. The molecule has 122 valence electrons. The molecule has 0 aliphatic heterocycles. The first kappa shape index (κ1) is 16.1. The van der Waals surface area contributed by atoms with E-state index in [0.29, 0.717) is 18.7 Å². The molecular formula is C17H20FN3OS. The number of nitrogens with one attached hydrogen (secondary N) is 1. The van der Waals surface area contributed by atoms with E-state index in [9.17, 15) is 9.18 Å². The van der Waals surface area contributed by atoms with Crippen molar-refractivity contribution in [2.24, 2.45) is 5.73 Å². The number of amides is 1. The third-order valence-corrected chi connectivity index (χ3v) is 5.23. The molecule has 1 aromatic carbocycles. The van der Waals surface area contributed by atoms with E-state index in [2.05, 4.69) is 10.3 Å². The second-order valence-corrected chi connectivity index (χ2v) is 7.02. The molecule has 3 N–H and O–H groups in total. The molecule has 2 aromatic rings. The van der Waals surface area contributed by atoms with Crippen molar-refractivity contribution in [3.05, 3.63) is 51.7 Å². The fourth-order valence-corrected chi connectivity index (χ4v) is 3.82. The van der Waals surface area contributed by atoms with E-state index in [1.54, 1.807) is 17.5 Å². The van der Waals surface area contributed by atoms with Crippen molar-refractivity contribution < 1.29 is 9.18 Å². The molecule has 0 spiro atoms. The number of hydrogen-bond donors (Lipinski definition) is 2. The lowest BCUT2D eigenvalue weighted by Crippen LogP contribution is -2.51. The molecule has 1 heterocycles. The first-order valence-electron chi connectivity index (χ1n) is 7.82. The van der Waals surface area contributed by atoms with Crippen LogP contribution in [0.4, 0.5) is 4.39 Å². The summed E-state index contributed by atoms with van der Waals surface area (Å²) < 4.78 is 12.9. The number of nitrogens with zero attached hydrogens (tertiary/aromatic N) is 1. The average Bonchev–Trinajstić information content (AvgIpc) is 3.20. The average molecular weight is 333 g/mol. The molecule has 0 atom stereocenters. The Hall–Kier alpha value is -1.79. The summed E-state index contributed by atoms with van der Waals surface area (Å²) in [4.78, 5) is 16.8. The number of nitrogens with two attached hydrogens (primary N) is 1. The summed E-state index contributed by atoms with van der Waals surface area (Å²) in [5.74, 6) is -0.407. The molecule has 0 unspecified atom stereocenters. The lowest BCUT2D eigenvalue weighted by atomic mass is 9.98. The van der Waals surface area contributed by atoms with Crippen LogP contribution in [0.3, 0.4) is 0 Å². The van der Waals surface area contributed by atoms with Crippen LogP contribution in [0.2, 0.25) is 0 Å². The lowest BCUT2D eigenvalue weighted by Gasteiger charge is -2.28. The van der Waals surface area contributed by atoms with Gasteiger partial charge in [-0.2, -0.15) is 0 Å². The fraction of sp³-hybridized carbons (Fsp3) is 0.412. The van der Waals surface area contributed by atoms with Crippen LogP contribution in [0.25, 0.3) is 0 Å². The van der Waals surface area contributed by atoms with Crippen molar-refractivity contribution in [2.75, 3.05) is 6.54 Å². The minimum atomic E-state index is -0.266. The Morgan fingerprint density at radius 1 is 1.30 bits per heavy atom. The summed E-state index contributed by atoms with van der Waals surface area (Å²) in [7, 11) is 0. The lowest BCUT2D eigenvalue weighted by molar-refractivity contribution is 0.0898. The number of carbonyl (C=O) groups is 1. The van der Waals surface area contributed by atoms with Crippen LogP contribution in [0.1, 0.15) is 46.7 Å². The SMILES string of the molecule is NCC1(NC(=O)c2csc(Cc3ccc(F)cc3)n2)CCCC1. The van der Waals surface area contributed by atoms with Crippen LogP contribution in [0.15, 0.2) is 29.6 Å². The summed E-state index contributed by atoms with van der Waals surface area (Å²) in [5, 5.41) is 5.69. The molecule has 1 aromatic heterocycles. The maximum Gasteiger partial charge on any atom is 0.271 e. The van der Waals surface area contributed by atoms with E-state index in [-0.39, 0.29) is 17.3 Å². The van der Waals surface area contributed by atoms with Crippen molar-refractivity contribution in [3.63, 3.8) is 0 Å². The van der Waals surface area contributed by atoms with Crippen molar-refractivity contribution in [1.29, 1.82) is 0 Å².